The third-order valence-electron chi connectivity index (χ3n) is 5.18. The highest BCUT2D eigenvalue weighted by molar-refractivity contribution is 5.93. The summed E-state index contributed by atoms with van der Waals surface area (Å²) in [5.74, 6) is -1.37. The van der Waals surface area contributed by atoms with E-state index < -0.39 is 11.8 Å². The Labute approximate surface area is 177 Å². The average Bonchev–Trinajstić information content (AvgIpc) is 2.73. The summed E-state index contributed by atoms with van der Waals surface area (Å²) >= 11 is 0. The summed E-state index contributed by atoms with van der Waals surface area (Å²) in [6.07, 6.45) is 5.29. The smallest absolute Gasteiger partial charge is 0.340 e. The van der Waals surface area contributed by atoms with Crippen molar-refractivity contribution in [2.24, 2.45) is 0 Å². The van der Waals surface area contributed by atoms with Crippen LogP contribution in [0.5, 0.6) is 0 Å². The molecule has 0 spiro atoms. The molecule has 0 radical (unpaired) electrons. The van der Waals surface area contributed by atoms with E-state index in [4.69, 9.17) is 0 Å². The zero-order valence-corrected chi connectivity index (χ0v) is 17.8. The molecule has 0 saturated heterocycles. The Bertz CT molecular complexity index is 1090. The van der Waals surface area contributed by atoms with E-state index >= 15 is 0 Å². The Hall–Kier alpha value is -3.40. The largest absolute Gasteiger partial charge is 0.465 e. The van der Waals surface area contributed by atoms with Gasteiger partial charge in [0.15, 0.2) is 5.83 Å². The number of rotatable bonds is 5. The van der Waals surface area contributed by atoms with Crippen molar-refractivity contribution in [1.29, 1.82) is 0 Å². The Morgan fingerprint density at radius 1 is 1.17 bits per heavy atom. The van der Waals surface area contributed by atoms with Crippen molar-refractivity contribution in [2.75, 3.05) is 7.11 Å². The van der Waals surface area contributed by atoms with E-state index in [0.29, 0.717) is 5.70 Å². The molecule has 0 bridgehead atoms. The van der Waals surface area contributed by atoms with Crippen molar-refractivity contribution in [1.82, 2.24) is 4.90 Å². The summed E-state index contributed by atoms with van der Waals surface area (Å²) in [5, 5.41) is 0. The van der Waals surface area contributed by atoms with Crippen LogP contribution in [0.25, 0.3) is 16.7 Å². The van der Waals surface area contributed by atoms with Gasteiger partial charge >= 0.3 is 5.97 Å². The lowest BCUT2D eigenvalue weighted by molar-refractivity contribution is -0.136. The Morgan fingerprint density at radius 3 is 2.57 bits per heavy atom. The SMILES string of the molecule is C=C1C=C(C(=O)OC)C(F)=CN1/C=C(\CC)c1ccccc1-c1ccc(C)cc1C. The monoisotopic (exact) mass is 403 g/mol. The number of hydrogen-bond donors (Lipinski definition) is 0. The molecule has 2 aromatic rings. The number of methoxy groups -OCH3 is 1. The first-order chi connectivity index (χ1) is 14.3. The van der Waals surface area contributed by atoms with E-state index in [2.05, 4.69) is 62.4 Å². The predicted molar refractivity (Wildman–Crippen MR) is 120 cm³/mol. The highest BCUT2D eigenvalue weighted by Gasteiger charge is 2.22. The number of carbonyl (C=O) groups excluding carboxylic acids is 1. The Balaban J connectivity index is 2.04. The molecule has 0 aliphatic carbocycles. The minimum atomic E-state index is -0.718. The maximum Gasteiger partial charge on any atom is 0.340 e. The molecule has 0 fully saturated rings. The molecular formula is C26H26FNO2. The van der Waals surface area contributed by atoms with Gasteiger partial charge in [0.05, 0.1) is 12.7 Å². The Morgan fingerprint density at radius 2 is 1.90 bits per heavy atom. The molecule has 0 aromatic heterocycles. The average molecular weight is 403 g/mol. The lowest BCUT2D eigenvalue weighted by Crippen LogP contribution is -2.17. The first-order valence-corrected chi connectivity index (χ1v) is 9.88. The number of hydrogen-bond acceptors (Lipinski definition) is 3. The molecule has 0 N–H and O–H groups in total. The van der Waals surface area contributed by atoms with E-state index in [0.717, 1.165) is 23.1 Å². The summed E-state index contributed by atoms with van der Waals surface area (Å²) in [5.41, 5.74) is 7.20. The van der Waals surface area contributed by atoms with Crippen LogP contribution in [0.1, 0.15) is 30.0 Å². The van der Waals surface area contributed by atoms with Crippen molar-refractivity contribution in [3.8, 4) is 11.1 Å². The van der Waals surface area contributed by atoms with Crippen LogP contribution >= 0.6 is 0 Å². The Kier molecular flexibility index (Phi) is 6.36. The molecule has 3 nitrogen and oxygen atoms in total. The van der Waals surface area contributed by atoms with Gasteiger partial charge in [0.1, 0.15) is 0 Å². The van der Waals surface area contributed by atoms with Crippen molar-refractivity contribution in [2.45, 2.75) is 27.2 Å². The third-order valence-corrected chi connectivity index (χ3v) is 5.18. The second kappa shape index (κ2) is 8.95. The topological polar surface area (TPSA) is 29.5 Å². The molecule has 0 amide bonds. The fraction of sp³-hybridized carbons (Fsp3) is 0.192. The lowest BCUT2D eigenvalue weighted by Gasteiger charge is -2.24. The number of carbonyl (C=O) groups is 1. The highest BCUT2D eigenvalue weighted by Crippen LogP contribution is 2.34. The fourth-order valence-electron chi connectivity index (χ4n) is 3.60. The number of aryl methyl sites for hydroxylation is 2. The number of halogens is 1. The molecular weight excluding hydrogens is 377 g/mol. The molecule has 0 saturated carbocycles. The minimum absolute atomic E-state index is 0.124. The minimum Gasteiger partial charge on any atom is -0.465 e. The number of esters is 1. The van der Waals surface area contributed by atoms with Gasteiger partial charge in [-0.15, -0.1) is 0 Å². The number of benzene rings is 2. The van der Waals surface area contributed by atoms with Crippen LogP contribution in [0.4, 0.5) is 4.39 Å². The van der Waals surface area contributed by atoms with E-state index in [1.807, 2.05) is 18.3 Å². The molecule has 0 atom stereocenters. The third kappa shape index (κ3) is 4.28. The fourth-order valence-corrected chi connectivity index (χ4v) is 3.60. The second-order valence-corrected chi connectivity index (χ2v) is 7.30. The van der Waals surface area contributed by atoms with Crippen LogP contribution in [-0.4, -0.2) is 18.0 Å². The van der Waals surface area contributed by atoms with Crippen molar-refractivity contribution >= 4 is 11.5 Å². The van der Waals surface area contributed by atoms with Gasteiger partial charge in [-0.05, 0) is 54.2 Å². The van der Waals surface area contributed by atoms with Gasteiger partial charge in [-0.3, -0.25) is 0 Å². The van der Waals surface area contributed by atoms with Crippen LogP contribution in [0.3, 0.4) is 0 Å². The molecule has 30 heavy (non-hydrogen) atoms. The van der Waals surface area contributed by atoms with Crippen LogP contribution in [0, 0.1) is 13.8 Å². The molecule has 1 heterocycles. The highest BCUT2D eigenvalue weighted by atomic mass is 19.1. The molecule has 2 aromatic carbocycles. The summed E-state index contributed by atoms with van der Waals surface area (Å²) in [4.78, 5) is 13.4. The van der Waals surface area contributed by atoms with Gasteiger partial charge in [0.25, 0.3) is 0 Å². The lowest BCUT2D eigenvalue weighted by atomic mass is 9.90. The van der Waals surface area contributed by atoms with Crippen molar-refractivity contribution < 1.29 is 13.9 Å². The summed E-state index contributed by atoms with van der Waals surface area (Å²) in [6, 6.07) is 14.6. The summed E-state index contributed by atoms with van der Waals surface area (Å²) in [7, 11) is 1.23. The molecule has 4 heteroatoms. The van der Waals surface area contributed by atoms with Crippen LogP contribution in [0.15, 0.2) is 84.6 Å². The zero-order valence-electron chi connectivity index (χ0n) is 17.8. The van der Waals surface area contributed by atoms with E-state index in [9.17, 15) is 9.18 Å². The van der Waals surface area contributed by atoms with Crippen LogP contribution < -0.4 is 0 Å². The quantitative estimate of drug-likeness (QED) is 0.537. The second-order valence-electron chi connectivity index (χ2n) is 7.30. The van der Waals surface area contributed by atoms with E-state index in [1.165, 1.54) is 36.1 Å². The zero-order chi connectivity index (χ0) is 21.8. The van der Waals surface area contributed by atoms with Gasteiger partial charge in [-0.25, -0.2) is 9.18 Å². The van der Waals surface area contributed by atoms with Gasteiger partial charge in [-0.1, -0.05) is 61.5 Å². The van der Waals surface area contributed by atoms with Gasteiger partial charge in [-0.2, -0.15) is 0 Å². The van der Waals surface area contributed by atoms with Gasteiger partial charge < -0.3 is 9.64 Å². The predicted octanol–water partition coefficient (Wildman–Crippen LogP) is 6.46. The number of allylic oxidation sites excluding steroid dienone is 2. The standard InChI is InChI=1S/C26H26FNO2/c1-6-20(15-28-16-25(27)24(14-19(28)4)26(29)30-5)22-9-7-8-10-23(22)21-12-11-17(2)13-18(21)3/h7-16H,4,6H2,1-3,5H3/b20-15+. The van der Waals surface area contributed by atoms with Crippen LogP contribution in [-0.2, 0) is 9.53 Å². The van der Waals surface area contributed by atoms with E-state index in [-0.39, 0.29) is 5.57 Å². The van der Waals surface area contributed by atoms with Gasteiger partial charge in [0.2, 0.25) is 0 Å². The number of nitrogens with zero attached hydrogens (tertiary/aromatic N) is 1. The van der Waals surface area contributed by atoms with Crippen molar-refractivity contribution in [3.63, 3.8) is 0 Å². The molecule has 154 valence electrons. The maximum atomic E-state index is 14.5. The molecule has 3 rings (SSSR count). The molecule has 0 unspecified atom stereocenters. The van der Waals surface area contributed by atoms with Crippen LogP contribution in [0.2, 0.25) is 0 Å². The summed E-state index contributed by atoms with van der Waals surface area (Å²) < 4.78 is 19.1. The number of ether oxygens (including phenoxy) is 1. The van der Waals surface area contributed by atoms with Gasteiger partial charge in [0, 0.05) is 18.1 Å². The molecule has 1 aliphatic heterocycles. The summed E-state index contributed by atoms with van der Waals surface area (Å²) in [6.45, 7) is 10.2. The normalized spacial score (nSPS) is 14.4. The maximum absolute atomic E-state index is 14.5. The molecule has 1 aliphatic rings. The first-order valence-electron chi connectivity index (χ1n) is 9.88. The van der Waals surface area contributed by atoms with E-state index in [1.54, 1.807) is 4.90 Å². The first kappa shape index (κ1) is 21.3. The van der Waals surface area contributed by atoms with Crippen molar-refractivity contribution in [3.05, 3.63) is 101 Å².